The van der Waals surface area contributed by atoms with E-state index in [1.165, 1.54) is 0 Å². The van der Waals surface area contributed by atoms with Gasteiger partial charge < -0.3 is 15.3 Å². The minimum atomic E-state index is -0.434. The Bertz CT molecular complexity index is 303. The van der Waals surface area contributed by atoms with Crippen molar-refractivity contribution in [3.8, 4) is 0 Å². The second-order valence-electron chi connectivity index (χ2n) is 5.09. The molecule has 2 unspecified atom stereocenters. The molecule has 2 amide bonds. The zero-order chi connectivity index (χ0) is 14.3. The van der Waals surface area contributed by atoms with Gasteiger partial charge in [0, 0.05) is 25.9 Å². The van der Waals surface area contributed by atoms with E-state index >= 15 is 0 Å². The number of aliphatic hydroxyl groups is 1. The van der Waals surface area contributed by atoms with Crippen LogP contribution in [0.1, 0.15) is 52.4 Å². The van der Waals surface area contributed by atoms with Crippen molar-refractivity contribution in [1.82, 2.24) is 10.2 Å². The van der Waals surface area contributed by atoms with Gasteiger partial charge in [-0.15, -0.1) is 0 Å². The maximum absolute atomic E-state index is 11.8. The van der Waals surface area contributed by atoms with Crippen molar-refractivity contribution >= 4 is 11.8 Å². The quantitative estimate of drug-likeness (QED) is 0.758. The van der Waals surface area contributed by atoms with Gasteiger partial charge in [-0.05, 0) is 26.7 Å². The summed E-state index contributed by atoms with van der Waals surface area (Å²) in [5.41, 5.74) is 0. The first-order valence-electron chi connectivity index (χ1n) is 7.33. The van der Waals surface area contributed by atoms with Crippen LogP contribution in [0.3, 0.4) is 0 Å². The zero-order valence-corrected chi connectivity index (χ0v) is 12.0. The number of amides is 2. The number of hydrogen-bond donors (Lipinski definition) is 2. The van der Waals surface area contributed by atoms with Crippen LogP contribution in [0.5, 0.6) is 0 Å². The summed E-state index contributed by atoms with van der Waals surface area (Å²) in [4.78, 5) is 25.3. The average molecular weight is 270 g/mol. The summed E-state index contributed by atoms with van der Waals surface area (Å²) in [5.74, 6) is -0.115. The Balaban J connectivity index is 2.29. The SMILES string of the molecule is CCN(CC)C(=O)CCC(=O)NC1CCCCC1O. The highest BCUT2D eigenvalue weighted by Crippen LogP contribution is 2.18. The first kappa shape index (κ1) is 16.0. The van der Waals surface area contributed by atoms with Gasteiger partial charge >= 0.3 is 0 Å². The highest BCUT2D eigenvalue weighted by molar-refractivity contribution is 5.83. The van der Waals surface area contributed by atoms with Crippen LogP contribution < -0.4 is 5.32 Å². The van der Waals surface area contributed by atoms with E-state index in [2.05, 4.69) is 5.32 Å². The lowest BCUT2D eigenvalue weighted by atomic mass is 9.92. The monoisotopic (exact) mass is 270 g/mol. The van der Waals surface area contributed by atoms with Crippen molar-refractivity contribution in [3.63, 3.8) is 0 Å². The normalized spacial score (nSPS) is 22.9. The highest BCUT2D eigenvalue weighted by Gasteiger charge is 2.24. The van der Waals surface area contributed by atoms with E-state index in [1.54, 1.807) is 4.90 Å². The molecule has 2 atom stereocenters. The van der Waals surface area contributed by atoms with Crippen molar-refractivity contribution < 1.29 is 14.7 Å². The second kappa shape index (κ2) is 8.15. The molecular formula is C14H26N2O3. The van der Waals surface area contributed by atoms with E-state index in [0.29, 0.717) is 13.1 Å². The van der Waals surface area contributed by atoms with E-state index in [-0.39, 0.29) is 30.7 Å². The third-order valence-corrected chi connectivity index (χ3v) is 3.76. The van der Waals surface area contributed by atoms with Crippen LogP contribution in [0.15, 0.2) is 0 Å². The predicted octanol–water partition coefficient (Wildman–Crippen LogP) is 1.05. The van der Waals surface area contributed by atoms with Crippen LogP contribution in [0.25, 0.3) is 0 Å². The Morgan fingerprint density at radius 3 is 2.37 bits per heavy atom. The summed E-state index contributed by atoms with van der Waals surface area (Å²) in [6, 6.07) is -0.134. The Kier molecular flexibility index (Phi) is 6.84. The van der Waals surface area contributed by atoms with Gasteiger partial charge in [-0.25, -0.2) is 0 Å². The van der Waals surface area contributed by atoms with Crippen LogP contribution in [-0.2, 0) is 9.59 Å². The molecule has 2 N–H and O–H groups in total. The molecule has 0 heterocycles. The molecule has 1 saturated carbocycles. The molecule has 1 fully saturated rings. The zero-order valence-electron chi connectivity index (χ0n) is 12.0. The molecule has 19 heavy (non-hydrogen) atoms. The highest BCUT2D eigenvalue weighted by atomic mass is 16.3. The molecule has 0 aliphatic heterocycles. The van der Waals surface area contributed by atoms with E-state index in [9.17, 15) is 14.7 Å². The van der Waals surface area contributed by atoms with Crippen LogP contribution in [-0.4, -0.2) is 47.1 Å². The average Bonchev–Trinajstić information content (AvgIpc) is 2.40. The number of rotatable bonds is 6. The van der Waals surface area contributed by atoms with Crippen molar-refractivity contribution in [2.45, 2.75) is 64.5 Å². The fourth-order valence-corrected chi connectivity index (χ4v) is 2.51. The molecule has 5 nitrogen and oxygen atoms in total. The number of hydrogen-bond acceptors (Lipinski definition) is 3. The number of nitrogens with one attached hydrogen (secondary N) is 1. The third kappa shape index (κ3) is 5.19. The molecule has 0 bridgehead atoms. The molecule has 0 aromatic heterocycles. The van der Waals surface area contributed by atoms with Crippen LogP contribution in [0.4, 0.5) is 0 Å². The number of carbonyl (C=O) groups excluding carboxylic acids is 2. The van der Waals surface area contributed by atoms with Gasteiger partial charge in [0.25, 0.3) is 0 Å². The summed E-state index contributed by atoms with van der Waals surface area (Å²) in [7, 11) is 0. The van der Waals surface area contributed by atoms with Crippen LogP contribution in [0, 0.1) is 0 Å². The summed E-state index contributed by atoms with van der Waals surface area (Å²) < 4.78 is 0. The van der Waals surface area contributed by atoms with Gasteiger partial charge in [0.1, 0.15) is 0 Å². The van der Waals surface area contributed by atoms with E-state index in [4.69, 9.17) is 0 Å². The van der Waals surface area contributed by atoms with Gasteiger partial charge in [-0.1, -0.05) is 12.8 Å². The lowest BCUT2D eigenvalue weighted by Gasteiger charge is -2.28. The van der Waals surface area contributed by atoms with Crippen LogP contribution in [0.2, 0.25) is 0 Å². The smallest absolute Gasteiger partial charge is 0.223 e. The molecule has 0 saturated heterocycles. The van der Waals surface area contributed by atoms with Crippen molar-refractivity contribution in [2.75, 3.05) is 13.1 Å². The number of nitrogens with zero attached hydrogens (tertiary/aromatic N) is 1. The Hall–Kier alpha value is -1.10. The Morgan fingerprint density at radius 2 is 1.79 bits per heavy atom. The summed E-state index contributed by atoms with van der Waals surface area (Å²) in [6.07, 6.45) is 3.67. The van der Waals surface area contributed by atoms with Gasteiger partial charge in [-0.2, -0.15) is 0 Å². The van der Waals surface area contributed by atoms with Crippen LogP contribution >= 0.6 is 0 Å². The maximum atomic E-state index is 11.8. The molecule has 5 heteroatoms. The molecule has 0 aromatic rings. The molecule has 0 aromatic carbocycles. The second-order valence-corrected chi connectivity index (χ2v) is 5.09. The predicted molar refractivity (Wildman–Crippen MR) is 73.6 cm³/mol. The van der Waals surface area contributed by atoms with Crippen molar-refractivity contribution in [3.05, 3.63) is 0 Å². The molecule has 1 aliphatic carbocycles. The fourth-order valence-electron chi connectivity index (χ4n) is 2.51. The van der Waals surface area contributed by atoms with Gasteiger partial charge in [0.2, 0.25) is 11.8 Å². The lowest BCUT2D eigenvalue weighted by molar-refractivity contribution is -0.133. The molecule has 1 rings (SSSR count). The number of aliphatic hydroxyl groups excluding tert-OH is 1. The molecule has 0 radical (unpaired) electrons. The number of carbonyl (C=O) groups is 2. The third-order valence-electron chi connectivity index (χ3n) is 3.76. The fraction of sp³-hybridized carbons (Fsp3) is 0.857. The first-order chi connectivity index (χ1) is 9.08. The minimum Gasteiger partial charge on any atom is -0.391 e. The molecular weight excluding hydrogens is 244 g/mol. The van der Waals surface area contributed by atoms with Crippen molar-refractivity contribution in [1.29, 1.82) is 0 Å². The standard InChI is InChI=1S/C14H26N2O3/c1-3-16(4-2)14(19)10-9-13(18)15-11-7-5-6-8-12(11)17/h11-12,17H,3-10H2,1-2H3,(H,15,18). The summed E-state index contributed by atoms with van der Waals surface area (Å²) >= 11 is 0. The van der Waals surface area contributed by atoms with Gasteiger partial charge in [-0.3, -0.25) is 9.59 Å². The van der Waals surface area contributed by atoms with E-state index in [0.717, 1.165) is 25.7 Å². The summed E-state index contributed by atoms with van der Waals surface area (Å²) in [6.45, 7) is 5.22. The van der Waals surface area contributed by atoms with E-state index < -0.39 is 6.10 Å². The van der Waals surface area contributed by atoms with E-state index in [1.807, 2.05) is 13.8 Å². The Labute approximate surface area is 115 Å². The topological polar surface area (TPSA) is 69.6 Å². The largest absolute Gasteiger partial charge is 0.391 e. The summed E-state index contributed by atoms with van der Waals surface area (Å²) in [5, 5.41) is 12.6. The maximum Gasteiger partial charge on any atom is 0.223 e. The van der Waals surface area contributed by atoms with Gasteiger partial charge in [0.15, 0.2) is 0 Å². The molecule has 0 spiro atoms. The minimum absolute atomic E-state index is 0.0179. The molecule has 1 aliphatic rings. The molecule has 110 valence electrons. The van der Waals surface area contributed by atoms with Crippen molar-refractivity contribution in [2.24, 2.45) is 0 Å². The Morgan fingerprint density at radius 1 is 1.16 bits per heavy atom. The first-order valence-corrected chi connectivity index (χ1v) is 7.33. The van der Waals surface area contributed by atoms with Gasteiger partial charge in [0.05, 0.1) is 12.1 Å². The lowest BCUT2D eigenvalue weighted by Crippen LogP contribution is -2.45.